The minimum Gasteiger partial charge on any atom is -0.676 e. The van der Waals surface area contributed by atoms with Crippen molar-refractivity contribution in [3.8, 4) is 0 Å². The summed E-state index contributed by atoms with van der Waals surface area (Å²) < 4.78 is 0. The fraction of sp³-hybridized carbons (Fsp3) is 0.600. The molecular formula is C10H16N2O8Ru. The van der Waals surface area contributed by atoms with Crippen molar-refractivity contribution in [2.75, 3.05) is 0 Å². The fourth-order valence-corrected chi connectivity index (χ4v) is 1.13. The molecule has 0 radical (unpaired) electrons. The van der Waals surface area contributed by atoms with Crippen LogP contribution in [0.1, 0.15) is 25.7 Å². The Morgan fingerprint density at radius 3 is 0.952 bits per heavy atom. The van der Waals surface area contributed by atoms with Gasteiger partial charge in [0.15, 0.2) is 0 Å². The maximum atomic E-state index is 9.10. The van der Waals surface area contributed by atoms with Gasteiger partial charge >= 0.3 is 43.4 Å². The smallest absolute Gasteiger partial charge is 0.676 e. The van der Waals surface area contributed by atoms with E-state index in [-0.39, 0.29) is 31.6 Å². The van der Waals surface area contributed by atoms with Crippen LogP contribution < -0.4 is 0 Å². The van der Waals surface area contributed by atoms with Gasteiger partial charge in [-0.3, -0.25) is 0 Å². The van der Waals surface area contributed by atoms with Crippen molar-refractivity contribution in [1.82, 2.24) is 0 Å². The molecule has 21 heavy (non-hydrogen) atoms. The summed E-state index contributed by atoms with van der Waals surface area (Å²) in [5.41, 5.74) is 14.6. The first-order valence-electron chi connectivity index (χ1n) is 5.44. The minimum atomic E-state index is -1.82. The van der Waals surface area contributed by atoms with Gasteiger partial charge in [0.1, 0.15) is 0 Å². The molecule has 11 heteroatoms. The Morgan fingerprint density at radius 2 is 0.857 bits per heavy atom. The number of hydrogen-bond donors (Lipinski definition) is 4. The third-order valence-electron chi connectivity index (χ3n) is 2.13. The Labute approximate surface area is 132 Å². The van der Waals surface area contributed by atoms with Gasteiger partial charge in [-0.05, 0) is 0 Å². The van der Waals surface area contributed by atoms with Crippen LogP contribution in [0.3, 0.4) is 0 Å². The summed E-state index contributed by atoms with van der Waals surface area (Å²) in [5, 5.41) is 29.6. The van der Waals surface area contributed by atoms with Crippen molar-refractivity contribution in [2.24, 2.45) is 0 Å². The third kappa shape index (κ3) is 16.4. The minimum absolute atomic E-state index is 0. The van der Waals surface area contributed by atoms with E-state index in [1.807, 2.05) is 0 Å². The van der Waals surface area contributed by atoms with Gasteiger partial charge in [-0.15, -0.1) is 0 Å². The van der Waals surface area contributed by atoms with E-state index in [1.54, 1.807) is 0 Å². The molecule has 1 rings (SSSR count). The normalized spacial score (nSPS) is 19.3. The molecule has 1 saturated carbocycles. The van der Waals surface area contributed by atoms with Crippen LogP contribution in [0.2, 0.25) is 0 Å². The zero-order valence-corrected chi connectivity index (χ0v) is 12.5. The topological polar surface area (TPSA) is 197 Å². The molecule has 0 saturated heterocycles. The van der Waals surface area contributed by atoms with Gasteiger partial charge in [-0.2, -0.15) is 12.1 Å². The first-order valence-corrected chi connectivity index (χ1v) is 5.44. The van der Waals surface area contributed by atoms with Gasteiger partial charge in [-0.25, -0.2) is 19.2 Å². The monoisotopic (exact) mass is 394 g/mol. The molecule has 0 aromatic carbocycles. The molecule has 122 valence electrons. The van der Waals surface area contributed by atoms with E-state index in [0.717, 1.165) is 12.8 Å². The number of carboxylic acid groups (broad SMARTS) is 4. The van der Waals surface area contributed by atoms with Crippen molar-refractivity contribution in [3.63, 3.8) is 0 Å². The van der Waals surface area contributed by atoms with Gasteiger partial charge in [0, 0.05) is 0 Å². The molecule has 0 aliphatic heterocycles. The van der Waals surface area contributed by atoms with E-state index in [0.29, 0.717) is 0 Å². The van der Waals surface area contributed by atoms with Crippen LogP contribution in [-0.2, 0) is 38.7 Å². The summed E-state index contributed by atoms with van der Waals surface area (Å²) >= 11 is 0. The molecule has 0 heterocycles. The SMILES string of the molecule is O=C(O)C(=O)O.O=C(O)C(=O)O.[NH-]C1CCCCC1[NH-].[Ru+2]. The van der Waals surface area contributed by atoms with Crippen LogP contribution in [0.25, 0.3) is 11.5 Å². The van der Waals surface area contributed by atoms with Crippen molar-refractivity contribution in [1.29, 1.82) is 0 Å². The van der Waals surface area contributed by atoms with Crippen LogP contribution in [0.5, 0.6) is 0 Å². The Bertz CT molecular complexity index is 305. The maximum Gasteiger partial charge on any atom is 2.00 e. The molecule has 10 nitrogen and oxygen atoms in total. The molecule has 2 atom stereocenters. The van der Waals surface area contributed by atoms with Crippen LogP contribution >= 0.6 is 0 Å². The maximum absolute atomic E-state index is 9.10. The molecule has 0 aromatic rings. The standard InChI is InChI=1S/C6H12N2.2C2H2O4.Ru/c7-5-3-1-2-4-6(5)8;2*3-1(4)2(5)6;/h5-8H,1-4H2;2*(H,3,4)(H,5,6);/q-2;;;+2. The number of aliphatic carboxylic acids is 4. The number of carbonyl (C=O) groups is 4. The summed E-state index contributed by atoms with van der Waals surface area (Å²) in [7, 11) is 0. The molecule has 2 unspecified atom stereocenters. The van der Waals surface area contributed by atoms with Crippen LogP contribution in [0, 0.1) is 0 Å². The van der Waals surface area contributed by atoms with Gasteiger partial charge in [-0.1, -0.05) is 25.7 Å². The second-order valence-corrected chi connectivity index (χ2v) is 3.72. The van der Waals surface area contributed by atoms with Gasteiger partial charge in [0.2, 0.25) is 0 Å². The molecule has 1 fully saturated rings. The quantitative estimate of drug-likeness (QED) is 0.341. The van der Waals surface area contributed by atoms with Crippen molar-refractivity contribution in [2.45, 2.75) is 37.8 Å². The predicted molar refractivity (Wildman–Crippen MR) is 65.2 cm³/mol. The summed E-state index contributed by atoms with van der Waals surface area (Å²) in [6.45, 7) is 0. The molecule has 1 aliphatic carbocycles. The van der Waals surface area contributed by atoms with E-state index >= 15 is 0 Å². The molecule has 0 amide bonds. The fourth-order valence-electron chi connectivity index (χ4n) is 1.13. The summed E-state index contributed by atoms with van der Waals surface area (Å²) in [6.07, 6.45) is 4.25. The Kier molecular flexibility index (Phi) is 15.6. The second kappa shape index (κ2) is 13.4. The van der Waals surface area contributed by atoms with E-state index in [9.17, 15) is 0 Å². The molecule has 0 aromatic heterocycles. The first kappa shape index (κ1) is 24.4. The number of nitrogens with one attached hydrogen (secondary N) is 2. The number of rotatable bonds is 0. The van der Waals surface area contributed by atoms with Crippen LogP contribution in [0.4, 0.5) is 0 Å². The van der Waals surface area contributed by atoms with Gasteiger partial charge < -0.3 is 31.9 Å². The largest absolute Gasteiger partial charge is 2.00 e. The van der Waals surface area contributed by atoms with Crippen LogP contribution in [-0.4, -0.2) is 56.4 Å². The summed E-state index contributed by atoms with van der Waals surface area (Å²) in [5.74, 6) is -7.30. The zero-order chi connectivity index (χ0) is 16.3. The summed E-state index contributed by atoms with van der Waals surface area (Å²) in [6, 6.07) is -0.160. The summed E-state index contributed by atoms with van der Waals surface area (Å²) in [4.78, 5) is 36.4. The zero-order valence-electron chi connectivity index (χ0n) is 10.8. The van der Waals surface area contributed by atoms with Gasteiger partial charge in [0.05, 0.1) is 0 Å². The Balaban J connectivity index is -0.000000231. The van der Waals surface area contributed by atoms with E-state index in [2.05, 4.69) is 0 Å². The Hall–Kier alpha value is -1.58. The molecular weight excluding hydrogens is 377 g/mol. The molecule has 1 aliphatic rings. The molecule has 6 N–H and O–H groups in total. The van der Waals surface area contributed by atoms with E-state index in [4.69, 9.17) is 51.1 Å². The number of carboxylic acids is 4. The van der Waals surface area contributed by atoms with Crippen molar-refractivity contribution >= 4 is 23.9 Å². The predicted octanol–water partition coefficient (Wildman–Crippen LogP) is 0.711. The first-order chi connectivity index (χ1) is 9.09. The van der Waals surface area contributed by atoms with Crippen molar-refractivity contribution < 1.29 is 59.1 Å². The van der Waals surface area contributed by atoms with Crippen molar-refractivity contribution in [3.05, 3.63) is 11.5 Å². The number of hydrogen-bond acceptors (Lipinski definition) is 4. The average Bonchev–Trinajstić information content (AvgIpc) is 2.34. The molecule has 0 spiro atoms. The third-order valence-corrected chi connectivity index (χ3v) is 2.13. The van der Waals surface area contributed by atoms with Crippen LogP contribution in [0.15, 0.2) is 0 Å². The Morgan fingerprint density at radius 1 is 0.667 bits per heavy atom. The molecule has 0 bridgehead atoms. The second-order valence-electron chi connectivity index (χ2n) is 3.72. The van der Waals surface area contributed by atoms with Gasteiger partial charge in [0.25, 0.3) is 0 Å². The van der Waals surface area contributed by atoms with E-state index in [1.165, 1.54) is 12.8 Å². The van der Waals surface area contributed by atoms with E-state index < -0.39 is 23.9 Å². The average molecular weight is 393 g/mol.